The summed E-state index contributed by atoms with van der Waals surface area (Å²) >= 11 is 7.85. The molecule has 21 heavy (non-hydrogen) atoms. The Labute approximate surface area is 136 Å². The van der Waals surface area contributed by atoms with Gasteiger partial charge in [-0.3, -0.25) is 0 Å². The summed E-state index contributed by atoms with van der Waals surface area (Å²) in [4.78, 5) is 1.35. The molecule has 0 saturated heterocycles. The highest BCUT2D eigenvalue weighted by Gasteiger charge is 2.29. The molecule has 0 atom stereocenters. The van der Waals surface area contributed by atoms with Gasteiger partial charge >= 0.3 is 0 Å². The predicted octanol–water partition coefficient (Wildman–Crippen LogP) is 4.97. The van der Waals surface area contributed by atoms with Crippen molar-refractivity contribution in [1.82, 2.24) is 5.32 Å². The maximum absolute atomic E-state index is 5.93. The van der Waals surface area contributed by atoms with Crippen molar-refractivity contribution in [2.75, 3.05) is 12.3 Å². The minimum absolute atomic E-state index is 0.682. The number of benzene rings is 2. The first-order valence-corrected chi connectivity index (χ1v) is 8.84. The van der Waals surface area contributed by atoms with Gasteiger partial charge in [0.15, 0.2) is 0 Å². The zero-order chi connectivity index (χ0) is 14.5. The van der Waals surface area contributed by atoms with E-state index in [1.165, 1.54) is 23.3 Å². The van der Waals surface area contributed by atoms with Crippen LogP contribution in [0.2, 0.25) is 5.02 Å². The Morgan fingerprint density at radius 1 is 1.00 bits per heavy atom. The van der Waals surface area contributed by atoms with E-state index in [1.807, 2.05) is 23.9 Å². The van der Waals surface area contributed by atoms with Crippen LogP contribution >= 0.6 is 23.4 Å². The summed E-state index contributed by atoms with van der Waals surface area (Å²) in [6.07, 6.45) is 2.50. The lowest BCUT2D eigenvalue weighted by Crippen LogP contribution is -2.41. The molecule has 0 amide bonds. The van der Waals surface area contributed by atoms with E-state index in [0.29, 0.717) is 12.0 Å². The van der Waals surface area contributed by atoms with E-state index < -0.39 is 0 Å². The minimum atomic E-state index is 0.682. The van der Waals surface area contributed by atoms with Crippen molar-refractivity contribution in [1.29, 1.82) is 0 Å². The normalized spacial score (nSPS) is 21.0. The molecule has 1 nitrogen and oxygen atoms in total. The standard InChI is InChI=1S/C18H20ClNS/c19-16-8-6-14(7-9-16)15-12-17(13-15)20-10-11-21-18-4-2-1-3-5-18/h1-9,15,17,20H,10-13H2. The third kappa shape index (κ3) is 4.26. The first kappa shape index (κ1) is 15.0. The summed E-state index contributed by atoms with van der Waals surface area (Å²) in [6, 6.07) is 19.6. The molecule has 2 aromatic carbocycles. The first-order chi connectivity index (χ1) is 10.3. The van der Waals surface area contributed by atoms with E-state index in [-0.39, 0.29) is 0 Å². The Morgan fingerprint density at radius 2 is 1.71 bits per heavy atom. The summed E-state index contributed by atoms with van der Waals surface area (Å²) in [6.45, 7) is 1.08. The molecule has 2 aromatic rings. The summed E-state index contributed by atoms with van der Waals surface area (Å²) in [5.74, 6) is 1.84. The van der Waals surface area contributed by atoms with E-state index in [1.54, 1.807) is 0 Å². The average molecular weight is 318 g/mol. The van der Waals surface area contributed by atoms with Gasteiger partial charge in [-0.15, -0.1) is 11.8 Å². The summed E-state index contributed by atoms with van der Waals surface area (Å²) in [5.41, 5.74) is 1.43. The molecule has 0 heterocycles. The van der Waals surface area contributed by atoms with Crippen LogP contribution in [-0.2, 0) is 0 Å². The second-order valence-corrected chi connectivity index (χ2v) is 7.14. The second-order valence-electron chi connectivity index (χ2n) is 5.53. The molecule has 1 N–H and O–H groups in total. The Bertz CT molecular complexity index is 549. The van der Waals surface area contributed by atoms with Crippen molar-refractivity contribution in [2.24, 2.45) is 0 Å². The van der Waals surface area contributed by atoms with E-state index in [2.05, 4.69) is 47.8 Å². The van der Waals surface area contributed by atoms with Crippen LogP contribution in [0, 0.1) is 0 Å². The first-order valence-electron chi connectivity index (χ1n) is 7.48. The Hall–Kier alpha value is -0.960. The number of hydrogen-bond donors (Lipinski definition) is 1. The molecule has 1 saturated carbocycles. The lowest BCUT2D eigenvalue weighted by Gasteiger charge is -2.36. The number of halogens is 1. The van der Waals surface area contributed by atoms with Crippen LogP contribution in [0.15, 0.2) is 59.5 Å². The van der Waals surface area contributed by atoms with E-state index in [9.17, 15) is 0 Å². The van der Waals surface area contributed by atoms with Crippen LogP contribution in [-0.4, -0.2) is 18.3 Å². The Kier molecular flexibility index (Phi) is 5.23. The van der Waals surface area contributed by atoms with E-state index >= 15 is 0 Å². The van der Waals surface area contributed by atoms with Gasteiger partial charge in [-0.2, -0.15) is 0 Å². The van der Waals surface area contributed by atoms with Crippen LogP contribution < -0.4 is 5.32 Å². The van der Waals surface area contributed by atoms with Gasteiger partial charge in [0.2, 0.25) is 0 Å². The van der Waals surface area contributed by atoms with Crippen molar-refractivity contribution < 1.29 is 0 Å². The van der Waals surface area contributed by atoms with Crippen LogP contribution in [0.3, 0.4) is 0 Å². The SMILES string of the molecule is Clc1ccc(C2CC(NCCSc3ccccc3)C2)cc1. The third-order valence-electron chi connectivity index (χ3n) is 4.03. The van der Waals surface area contributed by atoms with Gasteiger partial charge in [-0.25, -0.2) is 0 Å². The van der Waals surface area contributed by atoms with Crippen molar-refractivity contribution in [3.8, 4) is 0 Å². The monoisotopic (exact) mass is 317 g/mol. The van der Waals surface area contributed by atoms with Crippen LogP contribution in [0.25, 0.3) is 0 Å². The van der Waals surface area contributed by atoms with Crippen molar-refractivity contribution in [3.63, 3.8) is 0 Å². The smallest absolute Gasteiger partial charge is 0.0406 e. The maximum atomic E-state index is 5.93. The summed E-state index contributed by atoms with van der Waals surface area (Å²) < 4.78 is 0. The van der Waals surface area contributed by atoms with Crippen molar-refractivity contribution in [3.05, 3.63) is 65.2 Å². The molecule has 1 aliphatic rings. The highest BCUT2D eigenvalue weighted by atomic mass is 35.5. The summed E-state index contributed by atoms with van der Waals surface area (Å²) in [5, 5.41) is 4.48. The molecular weight excluding hydrogens is 298 g/mol. The molecule has 1 aliphatic carbocycles. The molecule has 0 radical (unpaired) electrons. The molecule has 0 aromatic heterocycles. The quantitative estimate of drug-likeness (QED) is 0.596. The highest BCUT2D eigenvalue weighted by molar-refractivity contribution is 7.99. The fourth-order valence-corrected chi connectivity index (χ4v) is 3.67. The molecule has 1 fully saturated rings. The maximum Gasteiger partial charge on any atom is 0.0406 e. The fourth-order valence-electron chi connectivity index (χ4n) is 2.74. The average Bonchev–Trinajstić information content (AvgIpc) is 2.48. The number of hydrogen-bond acceptors (Lipinski definition) is 2. The molecule has 0 aliphatic heterocycles. The van der Waals surface area contributed by atoms with Crippen molar-refractivity contribution in [2.45, 2.75) is 29.7 Å². The second kappa shape index (κ2) is 7.35. The fraction of sp³-hybridized carbons (Fsp3) is 0.333. The molecule has 110 valence electrons. The number of nitrogens with one attached hydrogen (secondary N) is 1. The van der Waals surface area contributed by atoms with Crippen LogP contribution in [0.1, 0.15) is 24.3 Å². The number of thioether (sulfide) groups is 1. The molecule has 0 spiro atoms. The van der Waals surface area contributed by atoms with Gasteiger partial charge in [0, 0.05) is 28.3 Å². The Balaban J connectivity index is 1.33. The Morgan fingerprint density at radius 3 is 2.43 bits per heavy atom. The van der Waals surface area contributed by atoms with Crippen LogP contribution in [0.5, 0.6) is 0 Å². The molecule has 0 unspecified atom stereocenters. The zero-order valence-corrected chi connectivity index (χ0v) is 13.5. The number of rotatable bonds is 6. The van der Waals surface area contributed by atoms with Gasteiger partial charge in [0.05, 0.1) is 0 Å². The minimum Gasteiger partial charge on any atom is -0.313 e. The lowest BCUT2D eigenvalue weighted by molar-refractivity contribution is 0.296. The molecular formula is C18H20ClNS. The topological polar surface area (TPSA) is 12.0 Å². The molecule has 3 heteroatoms. The largest absolute Gasteiger partial charge is 0.313 e. The molecule has 0 bridgehead atoms. The van der Waals surface area contributed by atoms with Gasteiger partial charge in [-0.05, 0) is 48.6 Å². The molecule has 3 rings (SSSR count). The van der Waals surface area contributed by atoms with Gasteiger partial charge in [0.1, 0.15) is 0 Å². The lowest BCUT2D eigenvalue weighted by atomic mass is 9.76. The van der Waals surface area contributed by atoms with E-state index in [4.69, 9.17) is 11.6 Å². The third-order valence-corrected chi connectivity index (χ3v) is 5.29. The van der Waals surface area contributed by atoms with Gasteiger partial charge < -0.3 is 5.32 Å². The summed E-state index contributed by atoms with van der Waals surface area (Å²) in [7, 11) is 0. The van der Waals surface area contributed by atoms with E-state index in [0.717, 1.165) is 17.3 Å². The van der Waals surface area contributed by atoms with Gasteiger partial charge in [-0.1, -0.05) is 41.9 Å². The van der Waals surface area contributed by atoms with Gasteiger partial charge in [0.25, 0.3) is 0 Å². The zero-order valence-electron chi connectivity index (χ0n) is 12.0. The predicted molar refractivity (Wildman–Crippen MR) is 92.4 cm³/mol. The van der Waals surface area contributed by atoms with Crippen molar-refractivity contribution >= 4 is 23.4 Å². The highest BCUT2D eigenvalue weighted by Crippen LogP contribution is 2.37. The van der Waals surface area contributed by atoms with Crippen LogP contribution in [0.4, 0.5) is 0 Å².